The second-order valence-electron chi connectivity index (χ2n) is 6.73. The molecule has 5 nitrogen and oxygen atoms in total. The van der Waals surface area contributed by atoms with E-state index in [9.17, 15) is 13.6 Å². The first-order valence-corrected chi connectivity index (χ1v) is 9.12. The lowest BCUT2D eigenvalue weighted by atomic mass is 10.0. The number of rotatable bonds is 10. The number of carboxylic acid groups (broad SMARTS) is 1. The monoisotopic (exact) mass is 392 g/mol. The van der Waals surface area contributed by atoms with Crippen LogP contribution in [0.3, 0.4) is 0 Å². The van der Waals surface area contributed by atoms with Gasteiger partial charge in [-0.1, -0.05) is 6.07 Å². The maximum absolute atomic E-state index is 14.4. The highest BCUT2D eigenvalue weighted by molar-refractivity contribution is 5.68. The molecular weight excluding hydrogens is 370 g/mol. The molecule has 0 spiro atoms. The first kappa shape index (κ1) is 19.9. The molecule has 1 aliphatic rings. The molecule has 0 aliphatic heterocycles. The van der Waals surface area contributed by atoms with Crippen molar-refractivity contribution in [2.45, 2.75) is 25.7 Å². The maximum Gasteiger partial charge on any atom is 0.303 e. The van der Waals surface area contributed by atoms with Gasteiger partial charge < -0.3 is 19.3 Å². The summed E-state index contributed by atoms with van der Waals surface area (Å²) in [6.07, 6.45) is 2.33. The largest absolute Gasteiger partial charge is 0.493 e. The summed E-state index contributed by atoms with van der Waals surface area (Å²) >= 11 is 0. The van der Waals surface area contributed by atoms with Gasteiger partial charge in [-0.3, -0.25) is 4.79 Å². The van der Waals surface area contributed by atoms with Crippen LogP contribution in [0.5, 0.6) is 17.2 Å². The molecule has 0 aromatic heterocycles. The first-order valence-electron chi connectivity index (χ1n) is 9.12. The minimum Gasteiger partial charge on any atom is -0.493 e. The smallest absolute Gasteiger partial charge is 0.303 e. The van der Waals surface area contributed by atoms with Crippen molar-refractivity contribution < 1.29 is 32.9 Å². The summed E-state index contributed by atoms with van der Waals surface area (Å²) in [5.74, 6) is -1.54. The molecular formula is C21H22F2O5. The van der Waals surface area contributed by atoms with Gasteiger partial charge in [-0.15, -0.1) is 0 Å². The number of halogens is 2. The van der Waals surface area contributed by atoms with Crippen LogP contribution in [-0.2, 0) is 4.79 Å². The molecule has 1 saturated carbocycles. The molecule has 0 atom stereocenters. The summed E-state index contributed by atoms with van der Waals surface area (Å²) < 4.78 is 44.9. The average molecular weight is 392 g/mol. The molecule has 2 aromatic carbocycles. The van der Waals surface area contributed by atoms with Crippen LogP contribution < -0.4 is 14.2 Å². The summed E-state index contributed by atoms with van der Waals surface area (Å²) in [5, 5.41) is 8.59. The van der Waals surface area contributed by atoms with Gasteiger partial charge in [-0.25, -0.2) is 8.78 Å². The number of benzene rings is 2. The first-order chi connectivity index (χ1) is 13.5. The van der Waals surface area contributed by atoms with Gasteiger partial charge >= 0.3 is 5.97 Å². The average Bonchev–Trinajstić information content (AvgIpc) is 3.49. The third-order valence-corrected chi connectivity index (χ3v) is 4.45. The van der Waals surface area contributed by atoms with Crippen LogP contribution in [-0.4, -0.2) is 31.4 Å². The zero-order valence-electron chi connectivity index (χ0n) is 15.5. The predicted octanol–water partition coefficient (Wildman–Crippen LogP) is 4.67. The molecule has 0 unspecified atom stereocenters. The molecule has 1 N–H and O–H groups in total. The summed E-state index contributed by atoms with van der Waals surface area (Å²) in [6, 6.07) is 7.46. The van der Waals surface area contributed by atoms with Gasteiger partial charge in [0.05, 0.1) is 20.3 Å². The minimum absolute atomic E-state index is 0.0822. The third-order valence-electron chi connectivity index (χ3n) is 4.45. The Morgan fingerprint density at radius 2 is 1.79 bits per heavy atom. The second-order valence-corrected chi connectivity index (χ2v) is 6.73. The van der Waals surface area contributed by atoms with Crippen molar-refractivity contribution in [2.75, 3.05) is 20.3 Å². The lowest BCUT2D eigenvalue weighted by Gasteiger charge is -2.13. The van der Waals surface area contributed by atoms with E-state index in [2.05, 4.69) is 0 Å². The van der Waals surface area contributed by atoms with E-state index in [1.165, 1.54) is 19.2 Å². The van der Waals surface area contributed by atoms with Gasteiger partial charge in [-0.2, -0.15) is 0 Å². The van der Waals surface area contributed by atoms with Crippen LogP contribution in [0.2, 0.25) is 0 Å². The van der Waals surface area contributed by atoms with E-state index in [4.69, 9.17) is 19.3 Å². The number of carboxylic acids is 1. The predicted molar refractivity (Wildman–Crippen MR) is 98.9 cm³/mol. The zero-order chi connectivity index (χ0) is 20.1. The summed E-state index contributed by atoms with van der Waals surface area (Å²) in [6.45, 7) is 0.507. The molecule has 2 aromatic rings. The SMILES string of the molecule is COc1ccc(-c2cc(F)c(OCCCC(=O)O)c(F)c2)cc1OCC1CC1. The van der Waals surface area contributed by atoms with E-state index >= 15 is 0 Å². The van der Waals surface area contributed by atoms with E-state index in [0.717, 1.165) is 12.8 Å². The number of hydrogen-bond donors (Lipinski definition) is 1. The molecule has 0 saturated heterocycles. The van der Waals surface area contributed by atoms with Crippen molar-refractivity contribution >= 4 is 5.97 Å². The van der Waals surface area contributed by atoms with E-state index in [-0.39, 0.29) is 19.4 Å². The van der Waals surface area contributed by atoms with Crippen LogP contribution in [0, 0.1) is 17.6 Å². The highest BCUT2D eigenvalue weighted by atomic mass is 19.1. The Morgan fingerprint density at radius 3 is 2.39 bits per heavy atom. The van der Waals surface area contributed by atoms with Gasteiger partial charge in [-0.05, 0) is 60.6 Å². The number of ether oxygens (including phenoxy) is 3. The molecule has 0 heterocycles. The summed E-state index contributed by atoms with van der Waals surface area (Å²) in [7, 11) is 1.54. The van der Waals surface area contributed by atoms with Crippen LogP contribution in [0.15, 0.2) is 30.3 Å². The fourth-order valence-electron chi connectivity index (χ4n) is 2.72. The Hall–Kier alpha value is -2.83. The molecule has 0 radical (unpaired) electrons. The van der Waals surface area contributed by atoms with Crippen LogP contribution in [0.25, 0.3) is 11.1 Å². The third kappa shape index (κ3) is 5.12. The maximum atomic E-state index is 14.4. The molecule has 0 amide bonds. The van der Waals surface area contributed by atoms with Crippen molar-refractivity contribution in [1.29, 1.82) is 0 Å². The quantitative estimate of drug-likeness (QED) is 0.595. The van der Waals surface area contributed by atoms with Crippen LogP contribution >= 0.6 is 0 Å². The lowest BCUT2D eigenvalue weighted by Crippen LogP contribution is -2.05. The van der Waals surface area contributed by atoms with Gasteiger partial charge in [0.25, 0.3) is 0 Å². The van der Waals surface area contributed by atoms with E-state index < -0.39 is 23.4 Å². The molecule has 0 bridgehead atoms. The molecule has 7 heteroatoms. The number of methoxy groups -OCH3 is 1. The van der Waals surface area contributed by atoms with E-state index in [1.54, 1.807) is 18.2 Å². The highest BCUT2D eigenvalue weighted by Crippen LogP contribution is 2.37. The molecule has 1 aliphatic carbocycles. The van der Waals surface area contributed by atoms with Crippen molar-refractivity contribution in [3.63, 3.8) is 0 Å². The van der Waals surface area contributed by atoms with E-state index in [1.807, 2.05) is 0 Å². The van der Waals surface area contributed by atoms with Gasteiger partial charge in [0.1, 0.15) is 0 Å². The highest BCUT2D eigenvalue weighted by Gasteiger charge is 2.23. The van der Waals surface area contributed by atoms with Crippen LogP contribution in [0.1, 0.15) is 25.7 Å². The van der Waals surface area contributed by atoms with Crippen molar-refractivity contribution in [3.05, 3.63) is 42.0 Å². The normalized spacial score (nSPS) is 13.2. The van der Waals surface area contributed by atoms with Crippen molar-refractivity contribution in [2.24, 2.45) is 5.92 Å². The van der Waals surface area contributed by atoms with Crippen molar-refractivity contribution in [1.82, 2.24) is 0 Å². The van der Waals surface area contributed by atoms with Gasteiger partial charge in [0.2, 0.25) is 0 Å². The summed E-state index contributed by atoms with van der Waals surface area (Å²) in [5.41, 5.74) is 0.925. The molecule has 28 heavy (non-hydrogen) atoms. The fourth-order valence-corrected chi connectivity index (χ4v) is 2.72. The Kier molecular flexibility index (Phi) is 6.34. The van der Waals surface area contributed by atoms with Crippen LogP contribution in [0.4, 0.5) is 8.78 Å². The Balaban J connectivity index is 1.77. The minimum atomic E-state index is -0.987. The van der Waals surface area contributed by atoms with Gasteiger partial charge in [0.15, 0.2) is 28.9 Å². The Labute approximate surface area is 161 Å². The van der Waals surface area contributed by atoms with Gasteiger partial charge in [0, 0.05) is 6.42 Å². The number of carbonyl (C=O) groups is 1. The van der Waals surface area contributed by atoms with Crippen molar-refractivity contribution in [3.8, 4) is 28.4 Å². The molecule has 3 rings (SSSR count). The fraction of sp³-hybridized carbons (Fsp3) is 0.381. The second kappa shape index (κ2) is 8.91. The topological polar surface area (TPSA) is 65.0 Å². The Morgan fingerprint density at radius 1 is 1.07 bits per heavy atom. The van der Waals surface area contributed by atoms with E-state index in [0.29, 0.717) is 35.2 Å². The molecule has 1 fully saturated rings. The standard InChI is InChI=1S/C21H22F2O5/c1-26-18-7-6-14(11-19(18)28-12-13-4-5-13)15-9-16(22)21(17(23)10-15)27-8-2-3-20(24)25/h6-7,9-11,13H,2-5,8,12H2,1H3,(H,24,25). The lowest BCUT2D eigenvalue weighted by molar-refractivity contribution is -0.137. The number of aliphatic carboxylic acids is 1. The number of hydrogen-bond acceptors (Lipinski definition) is 4. The Bertz CT molecular complexity index is 826. The molecule has 150 valence electrons. The summed E-state index contributed by atoms with van der Waals surface area (Å²) in [4.78, 5) is 10.5. The zero-order valence-corrected chi connectivity index (χ0v) is 15.5.